The molecule has 37 N–H and O–H groups in total. The third kappa shape index (κ3) is 64800. The van der Waals surface area contributed by atoms with E-state index in [4.69, 9.17) is 191 Å². The van der Waals surface area contributed by atoms with Crippen molar-refractivity contribution in [3.05, 3.63) is 0 Å². The Morgan fingerprint density at radius 3 is 0.196 bits per heavy atom. The minimum Gasteiger partial charge on any atom is -0.402 e. The molecule has 38 nitrogen and oxygen atoms in total. The van der Waals surface area contributed by atoms with Crippen LogP contribution in [-0.2, 0) is 4.79 Å². The second kappa shape index (κ2) is 87.0. The highest BCUT2D eigenvalue weighted by Gasteiger charge is 1.96. The zero-order chi connectivity index (χ0) is 45.6. The van der Waals surface area contributed by atoms with Gasteiger partial charge in [-0.15, -0.1) is 0 Å². The van der Waals surface area contributed by atoms with E-state index in [1.54, 1.807) is 0 Å². The summed E-state index contributed by atoms with van der Waals surface area (Å²) >= 11 is 0. The number of nitrogens with one attached hydrogen (secondary N) is 1. The monoisotopic (exact) mass is 787 g/mol. The van der Waals surface area contributed by atoms with E-state index in [0.29, 0.717) is 0 Å². The molecule has 0 saturated carbocycles. The van der Waals surface area contributed by atoms with Gasteiger partial charge in [0.1, 0.15) is 0 Å². The zero-order valence-corrected chi connectivity index (χ0v) is 24.4. The molecule has 304 valence electrons. The molecule has 0 aliphatic rings. The van der Waals surface area contributed by atoms with E-state index >= 15 is 0 Å². The van der Waals surface area contributed by atoms with E-state index < -0.39 is 87.9 Å². The molecule has 0 radical (unpaired) electrons. The lowest BCUT2D eigenvalue weighted by molar-refractivity contribution is 0.276. The third-order valence-electron chi connectivity index (χ3n) is 0. The van der Waals surface area contributed by atoms with Gasteiger partial charge in [-0.3, -0.25) is 0 Å². The smallest absolute Gasteiger partial charge is 0.402 e. The maximum Gasteiger partial charge on any atom is 0.631 e. The first-order valence-electron chi connectivity index (χ1n) is 9.75. The highest BCUT2D eigenvalue weighted by atomic mass is 16.6. The molecule has 51 heavy (non-hydrogen) atoms. The molecule has 0 aliphatic heterocycles. The van der Waals surface area contributed by atoms with Crippen LogP contribution in [0.4, 0.5) is 0 Å². The third-order valence-corrected chi connectivity index (χ3v) is 0. The first-order chi connectivity index (χ1) is 22.2. The molecule has 0 heterocycles. The lowest BCUT2D eigenvalue weighted by Crippen LogP contribution is -2.07. The first-order valence-corrected chi connectivity index (χ1v) is 9.75. The molecule has 0 spiro atoms. The molecule has 0 aliphatic carbocycles. The van der Waals surface area contributed by atoms with Crippen molar-refractivity contribution in [1.82, 2.24) is 0 Å². The molecule has 0 aromatic carbocycles. The van der Waals surface area contributed by atoms with Crippen LogP contribution in [0.3, 0.4) is 0 Å². The van der Waals surface area contributed by atoms with Crippen molar-refractivity contribution in [3.63, 3.8) is 0 Å². The van der Waals surface area contributed by atoms with Gasteiger partial charge < -0.3 is 181 Å². The highest BCUT2D eigenvalue weighted by molar-refractivity contribution is 6.33. The van der Waals surface area contributed by atoms with Crippen molar-refractivity contribution in [2.75, 3.05) is 0 Å². The first kappa shape index (κ1) is 87.5. The van der Waals surface area contributed by atoms with Gasteiger partial charge in [0.25, 0.3) is 0 Å². The van der Waals surface area contributed by atoms with Crippen molar-refractivity contribution < 1.29 is 186 Å². The Balaban J connectivity index is -0.0000000279. The van der Waals surface area contributed by atoms with Crippen molar-refractivity contribution in [1.29, 1.82) is 5.41 Å². The summed E-state index contributed by atoms with van der Waals surface area (Å²) in [6, 6.07) is 0. The summed E-state index contributed by atoms with van der Waals surface area (Å²) in [6.07, 6.45) is 0.750. The zero-order valence-electron chi connectivity index (χ0n) is 24.4. The Bertz CT molecular complexity index is 310. The van der Waals surface area contributed by atoms with E-state index in [2.05, 4.69) is 0 Å². The summed E-state index contributed by atoms with van der Waals surface area (Å²) in [6.45, 7) is 0. The van der Waals surface area contributed by atoms with Gasteiger partial charge in [0, 0.05) is 0 Å². The van der Waals surface area contributed by atoms with Crippen LogP contribution >= 0.6 is 0 Å². The summed E-state index contributed by atoms with van der Waals surface area (Å²) in [7, 11) is -26.0. The minimum atomic E-state index is -2.17. The Labute approximate surface area is 285 Å². The van der Waals surface area contributed by atoms with Crippen molar-refractivity contribution in [3.8, 4) is 0 Å². The molecule has 0 fully saturated rings. The van der Waals surface area contributed by atoms with Gasteiger partial charge in [0.2, 0.25) is 6.08 Å². The molecule has 0 rings (SSSR count). The predicted molar refractivity (Wildman–Crippen MR) is 157 cm³/mol. The van der Waals surface area contributed by atoms with Crippen molar-refractivity contribution in [2.45, 2.75) is 0 Å². The number of rotatable bonds is 0. The number of hydrogen-bond acceptors (Lipinski definition) is 38. The molecule has 0 amide bonds. The molecular weight excluding hydrogens is 748 g/mol. The molecule has 0 atom stereocenters. The van der Waals surface area contributed by atoms with Gasteiger partial charge in [0.15, 0.2) is 0 Å². The average molecular weight is 785 g/mol. The van der Waals surface area contributed by atoms with Crippen molar-refractivity contribution in [2.24, 2.45) is 0 Å². The van der Waals surface area contributed by atoms with Gasteiger partial charge in [-0.25, -0.2) is 10.2 Å². The van der Waals surface area contributed by atoms with E-state index in [-0.39, 0.29) is 0 Å². The van der Waals surface area contributed by atoms with Crippen LogP contribution in [0.2, 0.25) is 0 Å². The fourth-order valence-electron chi connectivity index (χ4n) is 0. The normalized spacial score (nSPS) is 6.51. The number of hydrogen-bond donors (Lipinski definition) is 37. The standard InChI is InChI=1S/CHNO.12BH3O3/c2-1-3;12*2-1(3)4/h2H;12*2-4H. The van der Waals surface area contributed by atoms with Gasteiger partial charge in [-0.2, -0.15) is 0 Å². The van der Waals surface area contributed by atoms with Crippen molar-refractivity contribution >= 4 is 93.9 Å². The van der Waals surface area contributed by atoms with Crippen LogP contribution in [0.25, 0.3) is 0 Å². The Hall–Kier alpha value is -1.28. The summed E-state index contributed by atoms with van der Waals surface area (Å²) in [5.74, 6) is 0. The highest BCUT2D eigenvalue weighted by Crippen LogP contribution is 1.44. The maximum atomic E-state index is 8.35. The Kier molecular flexibility index (Phi) is 149. The number of carbonyl (C=O) groups excluding carboxylic acids is 1. The Morgan fingerprint density at radius 1 is 0.196 bits per heavy atom. The lowest BCUT2D eigenvalue weighted by Gasteiger charge is -1.69. The fraction of sp³-hybridized carbons (Fsp3) is 0. The summed E-state index contributed by atoms with van der Waals surface area (Å²) in [5, 5.41) is 263. The summed E-state index contributed by atoms with van der Waals surface area (Å²) in [5.41, 5.74) is 0. The van der Waals surface area contributed by atoms with Crippen LogP contribution in [-0.4, -0.2) is 275 Å². The largest absolute Gasteiger partial charge is 0.631 e. The lowest BCUT2D eigenvalue weighted by atomic mass is 10.3. The summed E-state index contributed by atoms with van der Waals surface area (Å²) < 4.78 is 0. The van der Waals surface area contributed by atoms with Crippen LogP contribution < -0.4 is 0 Å². The van der Waals surface area contributed by atoms with E-state index in [1.807, 2.05) is 0 Å². The molecule has 50 heteroatoms. The van der Waals surface area contributed by atoms with Crippen LogP contribution in [0.1, 0.15) is 0 Å². The Morgan fingerprint density at radius 2 is 0.196 bits per heavy atom. The molecule has 0 aromatic rings. The van der Waals surface area contributed by atoms with Gasteiger partial charge in [-0.1, -0.05) is 0 Å². The van der Waals surface area contributed by atoms with Crippen LogP contribution in [0, 0.1) is 5.41 Å². The van der Waals surface area contributed by atoms with Gasteiger partial charge in [-0.05, 0) is 0 Å². The quantitative estimate of drug-likeness (QED) is 0.0616. The molecule has 0 saturated heterocycles. The van der Waals surface area contributed by atoms with Gasteiger partial charge >= 0.3 is 87.9 Å². The van der Waals surface area contributed by atoms with Gasteiger partial charge in [0.05, 0.1) is 0 Å². The van der Waals surface area contributed by atoms with E-state index in [9.17, 15) is 0 Å². The van der Waals surface area contributed by atoms with E-state index in [1.165, 1.54) is 0 Å². The molecule has 0 aromatic heterocycles. The molecule has 0 unspecified atom stereocenters. The second-order valence-corrected chi connectivity index (χ2v) is 4.26. The average Bonchev–Trinajstić information content (AvgIpc) is 2.68. The van der Waals surface area contributed by atoms with Crippen LogP contribution in [0.15, 0.2) is 0 Å². The minimum absolute atomic E-state index is 0.750. The number of isocyanates is 1. The molecular formula is CH37B12NO37. The van der Waals surface area contributed by atoms with E-state index in [0.717, 1.165) is 6.08 Å². The topological polar surface area (TPSA) is 769 Å². The SMILES string of the molecule is N=C=O.OB(O)O.OB(O)O.OB(O)O.OB(O)O.OB(O)O.OB(O)O.OB(O)O.OB(O)O.OB(O)O.OB(O)O.OB(O)O.OB(O)O. The van der Waals surface area contributed by atoms with Crippen LogP contribution in [0.5, 0.6) is 0 Å². The summed E-state index contributed by atoms with van der Waals surface area (Å²) in [4.78, 5) is 8.35. The molecule has 0 bridgehead atoms. The maximum absolute atomic E-state index is 8.35. The fourth-order valence-corrected chi connectivity index (χ4v) is 0. The predicted octanol–water partition coefficient (Wildman–Crippen LogP) is -24.7. The second-order valence-electron chi connectivity index (χ2n) is 4.26.